The van der Waals surface area contributed by atoms with Gasteiger partial charge in [0.2, 0.25) is 5.91 Å². The third kappa shape index (κ3) is 4.37. The second-order valence-corrected chi connectivity index (χ2v) is 10.3. The van der Waals surface area contributed by atoms with E-state index in [1.807, 2.05) is 37.4 Å². The van der Waals surface area contributed by atoms with Crippen molar-refractivity contribution in [1.29, 1.82) is 0 Å². The van der Waals surface area contributed by atoms with Crippen molar-refractivity contribution in [2.45, 2.75) is 42.7 Å². The molecular weight excluding hydrogens is 400 g/mol. The monoisotopic (exact) mass is 428 g/mol. The fraction of sp³-hybridized carbons (Fsp3) is 0.435. The number of nitrogens with one attached hydrogen (secondary N) is 1. The molecule has 2 atom stereocenters. The molecule has 6 nitrogen and oxygen atoms in total. The maximum absolute atomic E-state index is 12.6. The number of hydrogen-bond donors (Lipinski definition) is 1. The second-order valence-electron chi connectivity index (χ2n) is 8.27. The van der Waals surface area contributed by atoms with Gasteiger partial charge in [-0.15, -0.1) is 0 Å². The Hall–Kier alpha value is -2.38. The summed E-state index contributed by atoms with van der Waals surface area (Å²) in [7, 11) is -1.22. The van der Waals surface area contributed by atoms with E-state index in [2.05, 4.69) is 10.2 Å². The zero-order chi connectivity index (χ0) is 21.3. The minimum absolute atomic E-state index is 0.0496. The van der Waals surface area contributed by atoms with Crippen molar-refractivity contribution in [3.05, 3.63) is 48.0 Å². The Labute approximate surface area is 178 Å². The Balaban J connectivity index is 1.44. The second kappa shape index (κ2) is 8.40. The molecule has 0 spiro atoms. The van der Waals surface area contributed by atoms with Gasteiger partial charge in [0.15, 0.2) is 9.84 Å². The van der Waals surface area contributed by atoms with Crippen LogP contribution in [-0.4, -0.2) is 57.8 Å². The molecule has 7 heteroatoms. The average molecular weight is 429 g/mol. The Morgan fingerprint density at radius 3 is 2.63 bits per heavy atom. The summed E-state index contributed by atoms with van der Waals surface area (Å²) in [5.74, 6) is 0.895. The first-order chi connectivity index (χ1) is 14.3. The van der Waals surface area contributed by atoms with Crippen LogP contribution in [0.1, 0.15) is 24.8 Å². The first-order valence-corrected chi connectivity index (χ1v) is 12.3. The van der Waals surface area contributed by atoms with E-state index in [1.54, 1.807) is 12.1 Å². The zero-order valence-electron chi connectivity index (χ0n) is 17.4. The minimum Gasteiger partial charge on any atom is -0.487 e. The third-order valence-corrected chi connectivity index (χ3v) is 7.13. The van der Waals surface area contributed by atoms with E-state index in [4.69, 9.17) is 4.74 Å². The molecule has 0 aliphatic carbocycles. The standard InChI is InChI=1S/C23H28N2O4S/c1-25-13-4-3-8-21(25)23(26)24-15-18-14-17-6-5-7-20(22(17)29-18)16-9-11-19(12-10-16)30(2,27)28/h5-7,9-12,18,21H,3-4,8,13-15H2,1-2H3,(H,24,26)/t18-,21-/m1/s1. The lowest BCUT2D eigenvalue weighted by atomic mass is 10.0. The number of benzene rings is 2. The molecule has 0 saturated carbocycles. The maximum Gasteiger partial charge on any atom is 0.237 e. The molecule has 2 aliphatic rings. The number of likely N-dealkylation sites (tertiary alicyclic amines) is 1. The molecule has 2 heterocycles. The van der Waals surface area contributed by atoms with Crippen LogP contribution in [-0.2, 0) is 21.1 Å². The number of carbonyl (C=O) groups is 1. The molecular formula is C23H28N2O4S. The molecule has 1 N–H and O–H groups in total. The van der Waals surface area contributed by atoms with Gasteiger partial charge in [-0.05, 0) is 49.7 Å². The van der Waals surface area contributed by atoms with Crippen molar-refractivity contribution in [2.24, 2.45) is 0 Å². The van der Waals surface area contributed by atoms with E-state index in [0.717, 1.165) is 54.7 Å². The van der Waals surface area contributed by atoms with Crippen molar-refractivity contribution in [3.8, 4) is 16.9 Å². The van der Waals surface area contributed by atoms with Gasteiger partial charge in [0.05, 0.1) is 17.5 Å². The number of ether oxygens (including phenoxy) is 1. The summed E-state index contributed by atoms with van der Waals surface area (Å²) >= 11 is 0. The van der Waals surface area contributed by atoms with Crippen LogP contribution in [0.25, 0.3) is 11.1 Å². The number of likely N-dealkylation sites (N-methyl/N-ethyl adjacent to an activating group) is 1. The van der Waals surface area contributed by atoms with Crippen molar-refractivity contribution < 1.29 is 17.9 Å². The van der Waals surface area contributed by atoms with E-state index in [1.165, 1.54) is 6.26 Å². The topological polar surface area (TPSA) is 75.7 Å². The summed E-state index contributed by atoms with van der Waals surface area (Å²) in [5.41, 5.74) is 2.95. The highest BCUT2D eigenvalue weighted by molar-refractivity contribution is 7.90. The highest BCUT2D eigenvalue weighted by Gasteiger charge is 2.29. The minimum atomic E-state index is -3.23. The number of piperidine rings is 1. The number of amides is 1. The third-order valence-electron chi connectivity index (χ3n) is 6.00. The number of carbonyl (C=O) groups excluding carboxylic acids is 1. The first kappa shape index (κ1) is 20.9. The molecule has 2 aromatic rings. The summed E-state index contributed by atoms with van der Waals surface area (Å²) in [4.78, 5) is 15.0. The molecule has 4 rings (SSSR count). The predicted molar refractivity (Wildman–Crippen MR) is 116 cm³/mol. The van der Waals surface area contributed by atoms with E-state index >= 15 is 0 Å². The Morgan fingerprint density at radius 1 is 1.17 bits per heavy atom. The van der Waals surface area contributed by atoms with E-state index < -0.39 is 9.84 Å². The normalized spacial score (nSPS) is 21.7. The van der Waals surface area contributed by atoms with Crippen LogP contribution in [0.4, 0.5) is 0 Å². The Morgan fingerprint density at radius 2 is 1.93 bits per heavy atom. The van der Waals surface area contributed by atoms with Crippen LogP contribution in [0.15, 0.2) is 47.4 Å². The smallest absolute Gasteiger partial charge is 0.237 e. The van der Waals surface area contributed by atoms with Gasteiger partial charge in [0, 0.05) is 18.2 Å². The van der Waals surface area contributed by atoms with E-state index in [9.17, 15) is 13.2 Å². The molecule has 30 heavy (non-hydrogen) atoms. The predicted octanol–water partition coefficient (Wildman–Crippen LogP) is 2.66. The number of hydrogen-bond acceptors (Lipinski definition) is 5. The number of para-hydroxylation sites is 1. The fourth-order valence-corrected chi connectivity index (χ4v) is 4.93. The van der Waals surface area contributed by atoms with Crippen LogP contribution < -0.4 is 10.1 Å². The van der Waals surface area contributed by atoms with E-state index in [0.29, 0.717) is 11.4 Å². The number of fused-ring (bicyclic) bond motifs is 1. The fourth-order valence-electron chi connectivity index (χ4n) is 4.30. The molecule has 160 valence electrons. The van der Waals surface area contributed by atoms with Crippen molar-refractivity contribution in [1.82, 2.24) is 10.2 Å². The molecule has 0 bridgehead atoms. The molecule has 1 amide bonds. The van der Waals surface area contributed by atoms with Crippen LogP contribution in [0.5, 0.6) is 5.75 Å². The summed E-state index contributed by atoms with van der Waals surface area (Å²) in [6.07, 6.45) is 4.99. The van der Waals surface area contributed by atoms with Gasteiger partial charge in [-0.3, -0.25) is 9.69 Å². The summed E-state index contributed by atoms with van der Waals surface area (Å²) in [5, 5.41) is 3.07. The van der Waals surface area contributed by atoms with Gasteiger partial charge < -0.3 is 10.1 Å². The maximum atomic E-state index is 12.6. The van der Waals surface area contributed by atoms with Gasteiger partial charge in [-0.25, -0.2) is 8.42 Å². The molecule has 0 unspecified atom stereocenters. The van der Waals surface area contributed by atoms with Gasteiger partial charge in [0.1, 0.15) is 11.9 Å². The van der Waals surface area contributed by atoms with Crippen LogP contribution in [0.2, 0.25) is 0 Å². The summed E-state index contributed by atoms with van der Waals surface area (Å²) in [6.45, 7) is 1.44. The lowest BCUT2D eigenvalue weighted by molar-refractivity contribution is -0.127. The molecule has 1 fully saturated rings. The lowest BCUT2D eigenvalue weighted by Crippen LogP contribution is -2.49. The number of sulfone groups is 1. The number of nitrogens with zero attached hydrogens (tertiary/aromatic N) is 1. The average Bonchev–Trinajstić information content (AvgIpc) is 3.15. The summed E-state index contributed by atoms with van der Waals surface area (Å²) in [6, 6.07) is 12.8. The Kier molecular flexibility index (Phi) is 5.84. The highest BCUT2D eigenvalue weighted by atomic mass is 32.2. The van der Waals surface area contributed by atoms with Crippen LogP contribution >= 0.6 is 0 Å². The quantitative estimate of drug-likeness (QED) is 0.792. The Bertz CT molecular complexity index is 1030. The molecule has 2 aliphatic heterocycles. The van der Waals surface area contributed by atoms with Crippen molar-refractivity contribution in [3.63, 3.8) is 0 Å². The van der Waals surface area contributed by atoms with Gasteiger partial charge in [-0.1, -0.05) is 36.8 Å². The molecule has 2 aromatic carbocycles. The highest BCUT2D eigenvalue weighted by Crippen LogP contribution is 2.39. The van der Waals surface area contributed by atoms with Crippen LogP contribution in [0, 0.1) is 0 Å². The molecule has 0 radical (unpaired) electrons. The van der Waals surface area contributed by atoms with Crippen molar-refractivity contribution in [2.75, 3.05) is 26.4 Å². The summed E-state index contributed by atoms with van der Waals surface area (Å²) < 4.78 is 29.6. The molecule has 0 aromatic heterocycles. The largest absolute Gasteiger partial charge is 0.487 e. The number of rotatable bonds is 5. The van der Waals surface area contributed by atoms with Gasteiger partial charge in [-0.2, -0.15) is 0 Å². The zero-order valence-corrected chi connectivity index (χ0v) is 18.2. The van der Waals surface area contributed by atoms with Crippen molar-refractivity contribution >= 4 is 15.7 Å². The van der Waals surface area contributed by atoms with Gasteiger partial charge >= 0.3 is 0 Å². The SMILES string of the molecule is CN1CCCC[C@@H]1C(=O)NC[C@H]1Cc2cccc(-c3ccc(S(C)(=O)=O)cc3)c2O1. The van der Waals surface area contributed by atoms with E-state index in [-0.39, 0.29) is 18.1 Å². The lowest BCUT2D eigenvalue weighted by Gasteiger charge is -2.31. The molecule has 1 saturated heterocycles. The first-order valence-electron chi connectivity index (χ1n) is 10.4. The van der Waals surface area contributed by atoms with Gasteiger partial charge in [0.25, 0.3) is 0 Å². The van der Waals surface area contributed by atoms with Crippen LogP contribution in [0.3, 0.4) is 0 Å².